The van der Waals surface area contributed by atoms with Crippen LogP contribution in [0.25, 0.3) is 0 Å². The van der Waals surface area contributed by atoms with Gasteiger partial charge in [-0.15, -0.1) is 0 Å². The Balaban J connectivity index is 1.92. The van der Waals surface area contributed by atoms with E-state index in [-0.39, 0.29) is 11.3 Å². The van der Waals surface area contributed by atoms with Gasteiger partial charge in [-0.25, -0.2) is 0 Å². The maximum Gasteiger partial charge on any atom is 0.282 e. The predicted molar refractivity (Wildman–Crippen MR) is 98.3 cm³/mol. The number of aryl methyl sites for hydroxylation is 1. The Hall–Kier alpha value is -1.95. The third-order valence-electron chi connectivity index (χ3n) is 4.95. The van der Waals surface area contributed by atoms with E-state index in [1.807, 2.05) is 26.0 Å². The minimum atomic E-state index is -0.314. The Labute approximate surface area is 150 Å². The van der Waals surface area contributed by atoms with Crippen molar-refractivity contribution in [2.75, 3.05) is 0 Å². The number of amidine groups is 1. The highest BCUT2D eigenvalue weighted by atomic mass is 79.9. The molecule has 6 heteroatoms. The van der Waals surface area contributed by atoms with Crippen LogP contribution in [0.2, 0.25) is 0 Å². The first kappa shape index (κ1) is 16.9. The Bertz CT molecular complexity index is 788. The minimum Gasteiger partial charge on any atom is -0.386 e. The number of rotatable bonds is 4. The van der Waals surface area contributed by atoms with Gasteiger partial charge in [-0.05, 0) is 44.4 Å². The summed E-state index contributed by atoms with van der Waals surface area (Å²) in [4.78, 5) is 16.8. The summed E-state index contributed by atoms with van der Waals surface area (Å²) in [5.74, 6) is 0.0952. The summed E-state index contributed by atoms with van der Waals surface area (Å²) in [6.45, 7) is 4.59. The van der Waals surface area contributed by atoms with Gasteiger partial charge in [0.05, 0.1) is 17.2 Å². The van der Waals surface area contributed by atoms with Crippen molar-refractivity contribution in [3.05, 3.63) is 51.8 Å². The van der Waals surface area contributed by atoms with E-state index in [4.69, 9.17) is 5.73 Å². The van der Waals surface area contributed by atoms with Crippen molar-refractivity contribution >= 4 is 27.7 Å². The van der Waals surface area contributed by atoms with Crippen molar-refractivity contribution in [1.82, 2.24) is 9.78 Å². The summed E-state index contributed by atoms with van der Waals surface area (Å²) in [5, 5.41) is 4.21. The van der Waals surface area contributed by atoms with Crippen LogP contribution in [0, 0.1) is 6.92 Å². The number of hydrogen-bond acceptors (Lipinski definition) is 2. The largest absolute Gasteiger partial charge is 0.386 e. The lowest BCUT2D eigenvalue weighted by Gasteiger charge is -2.41. The van der Waals surface area contributed by atoms with Crippen molar-refractivity contribution in [2.45, 2.75) is 45.1 Å². The number of aromatic nitrogens is 2. The quantitative estimate of drug-likeness (QED) is 0.642. The third kappa shape index (κ3) is 2.79. The monoisotopic (exact) mass is 388 g/mol. The molecule has 0 spiro atoms. The maximum atomic E-state index is 12.5. The summed E-state index contributed by atoms with van der Waals surface area (Å²) in [7, 11) is 0. The molecule has 1 aromatic heterocycles. The zero-order chi connectivity index (χ0) is 17.3. The highest BCUT2D eigenvalue weighted by Gasteiger charge is 2.42. The van der Waals surface area contributed by atoms with Gasteiger partial charge in [0.25, 0.3) is 5.91 Å². The fourth-order valence-electron chi connectivity index (χ4n) is 3.24. The molecular formula is C18H21BrN4O. The van der Waals surface area contributed by atoms with Crippen molar-refractivity contribution < 1.29 is 4.79 Å². The molecule has 1 aliphatic rings. The molecule has 0 saturated heterocycles. The van der Waals surface area contributed by atoms with Crippen LogP contribution in [0.15, 0.2) is 39.9 Å². The molecule has 1 heterocycles. The molecule has 1 aliphatic carbocycles. The molecule has 0 unspecified atom stereocenters. The van der Waals surface area contributed by atoms with Gasteiger partial charge in [-0.3, -0.25) is 9.48 Å². The normalized spacial score (nSPS) is 16.7. The molecule has 2 N–H and O–H groups in total. The van der Waals surface area contributed by atoms with Gasteiger partial charge in [-0.2, -0.15) is 10.1 Å². The van der Waals surface area contributed by atoms with E-state index in [1.165, 1.54) is 0 Å². The van der Waals surface area contributed by atoms with Crippen LogP contribution < -0.4 is 5.73 Å². The number of halogens is 1. The summed E-state index contributed by atoms with van der Waals surface area (Å²) < 4.78 is 2.81. The predicted octanol–water partition coefficient (Wildman–Crippen LogP) is 3.59. The average molecular weight is 389 g/mol. The first-order valence-electron chi connectivity index (χ1n) is 8.15. The second-order valence-electron chi connectivity index (χ2n) is 6.20. The number of nitrogens with two attached hydrogens (primary N) is 1. The van der Waals surface area contributed by atoms with E-state index in [0.29, 0.717) is 11.4 Å². The molecule has 24 heavy (non-hydrogen) atoms. The Morgan fingerprint density at radius 3 is 2.54 bits per heavy atom. The number of carbonyl (C=O) groups excluding carboxylic acids is 1. The topological polar surface area (TPSA) is 73.3 Å². The highest BCUT2D eigenvalue weighted by molar-refractivity contribution is 9.10. The van der Waals surface area contributed by atoms with Gasteiger partial charge in [0.15, 0.2) is 0 Å². The molecule has 0 atom stereocenters. The lowest BCUT2D eigenvalue weighted by Crippen LogP contribution is -2.47. The molecule has 2 aromatic rings. The van der Waals surface area contributed by atoms with Crippen molar-refractivity contribution in [3.63, 3.8) is 0 Å². The second-order valence-corrected chi connectivity index (χ2v) is 7.12. The summed E-state index contributed by atoms with van der Waals surface area (Å²) in [6.07, 6.45) is 4.51. The van der Waals surface area contributed by atoms with Gasteiger partial charge in [0.1, 0.15) is 5.84 Å². The molecular weight excluding hydrogens is 368 g/mol. The zero-order valence-corrected chi connectivity index (χ0v) is 15.5. The summed E-state index contributed by atoms with van der Waals surface area (Å²) in [6, 6.07) is 8.10. The van der Waals surface area contributed by atoms with E-state index in [2.05, 4.69) is 38.2 Å². The van der Waals surface area contributed by atoms with E-state index in [9.17, 15) is 4.79 Å². The number of carbonyl (C=O) groups is 1. The van der Waals surface area contributed by atoms with Crippen LogP contribution in [0.5, 0.6) is 0 Å². The Morgan fingerprint density at radius 1 is 1.38 bits per heavy atom. The lowest BCUT2D eigenvalue weighted by molar-refractivity contribution is 0.100. The molecule has 1 fully saturated rings. The van der Waals surface area contributed by atoms with Crippen LogP contribution in [-0.2, 0) is 12.0 Å². The summed E-state index contributed by atoms with van der Waals surface area (Å²) in [5.41, 5.74) is 8.45. The van der Waals surface area contributed by atoms with Gasteiger partial charge >= 0.3 is 0 Å². The number of amides is 1. The molecule has 0 bridgehead atoms. The van der Waals surface area contributed by atoms with Crippen LogP contribution in [-0.4, -0.2) is 21.5 Å². The minimum absolute atomic E-state index is 0.312. The van der Waals surface area contributed by atoms with Crippen LogP contribution >= 0.6 is 15.9 Å². The molecule has 1 amide bonds. The van der Waals surface area contributed by atoms with Crippen LogP contribution in [0.4, 0.5) is 0 Å². The molecule has 126 valence electrons. The Kier molecular flexibility index (Phi) is 4.58. The summed E-state index contributed by atoms with van der Waals surface area (Å²) >= 11 is 3.45. The van der Waals surface area contributed by atoms with E-state index < -0.39 is 0 Å². The van der Waals surface area contributed by atoms with E-state index >= 15 is 0 Å². The van der Waals surface area contributed by atoms with Gasteiger partial charge in [0.2, 0.25) is 0 Å². The molecule has 5 nitrogen and oxygen atoms in total. The fourth-order valence-corrected chi connectivity index (χ4v) is 3.51. The number of hydrogen-bond donors (Lipinski definition) is 1. The molecule has 0 aliphatic heterocycles. The highest BCUT2D eigenvalue weighted by Crippen LogP contribution is 2.44. The Morgan fingerprint density at radius 2 is 2.04 bits per heavy atom. The van der Waals surface area contributed by atoms with Crippen molar-refractivity contribution in [2.24, 2.45) is 10.7 Å². The first-order chi connectivity index (χ1) is 11.5. The van der Waals surface area contributed by atoms with E-state index in [0.717, 1.165) is 41.5 Å². The van der Waals surface area contributed by atoms with Crippen molar-refractivity contribution in [1.29, 1.82) is 0 Å². The number of aliphatic imine (C=N–C) groups is 1. The van der Waals surface area contributed by atoms with Gasteiger partial charge in [-0.1, -0.05) is 34.5 Å². The SMILES string of the molecule is CCn1ncc(C(=O)N=C(N)C2(c3ccc(Br)cc3)CCC2)c1C. The smallest absolute Gasteiger partial charge is 0.282 e. The average Bonchev–Trinajstić information content (AvgIpc) is 2.89. The fraction of sp³-hybridized carbons (Fsp3) is 0.389. The maximum absolute atomic E-state index is 12.5. The molecule has 1 aromatic carbocycles. The van der Waals surface area contributed by atoms with Gasteiger partial charge < -0.3 is 5.73 Å². The van der Waals surface area contributed by atoms with E-state index in [1.54, 1.807) is 10.9 Å². The van der Waals surface area contributed by atoms with Crippen LogP contribution in [0.3, 0.4) is 0 Å². The molecule has 3 rings (SSSR count). The van der Waals surface area contributed by atoms with Crippen molar-refractivity contribution in [3.8, 4) is 0 Å². The first-order valence-corrected chi connectivity index (χ1v) is 8.94. The number of nitrogens with zero attached hydrogens (tertiary/aromatic N) is 3. The van der Waals surface area contributed by atoms with Gasteiger partial charge in [0, 0.05) is 16.7 Å². The number of benzene rings is 1. The standard InChI is InChI=1S/C18H21BrN4O/c1-3-23-12(2)15(11-21-23)16(24)22-17(20)18(9-4-10-18)13-5-7-14(19)8-6-13/h5-8,11H,3-4,9-10H2,1-2H3,(H2,20,22,24). The van der Waals surface area contributed by atoms with Crippen LogP contribution in [0.1, 0.15) is 47.8 Å². The third-order valence-corrected chi connectivity index (χ3v) is 5.48. The molecule has 0 radical (unpaired) electrons. The molecule has 1 saturated carbocycles. The lowest BCUT2D eigenvalue weighted by atomic mass is 9.63. The second kappa shape index (κ2) is 6.51. The zero-order valence-electron chi connectivity index (χ0n) is 13.9.